The number of rotatable bonds is 5. The standard InChI is InChI=1S/C21H19ClN6O3/c22-13-8-12(9-23-10-13)16-5-6-17(26-25-16)24-18(29)11-27-7-1-2-15-19(27)21(31)28(20(15)30)14-3-4-14/h5-6,8-10,14H,1-4,7,11H2,(H,24,26,29). The molecule has 0 aromatic carbocycles. The summed E-state index contributed by atoms with van der Waals surface area (Å²) < 4.78 is 0. The van der Waals surface area contributed by atoms with E-state index in [0.717, 1.165) is 24.8 Å². The first-order chi connectivity index (χ1) is 15.0. The highest BCUT2D eigenvalue weighted by atomic mass is 35.5. The number of anilines is 1. The van der Waals surface area contributed by atoms with Crippen molar-refractivity contribution in [1.82, 2.24) is 25.0 Å². The van der Waals surface area contributed by atoms with E-state index in [9.17, 15) is 14.4 Å². The molecule has 0 unspecified atom stereocenters. The molecular formula is C21H19ClN6O3. The van der Waals surface area contributed by atoms with Crippen LogP contribution in [0, 0.1) is 0 Å². The highest BCUT2D eigenvalue weighted by molar-refractivity contribution is 6.30. The smallest absolute Gasteiger partial charge is 0.277 e. The van der Waals surface area contributed by atoms with Gasteiger partial charge in [0, 0.05) is 36.1 Å². The Morgan fingerprint density at radius 2 is 2.00 bits per heavy atom. The lowest BCUT2D eigenvalue weighted by Crippen LogP contribution is -2.40. The fourth-order valence-electron chi connectivity index (χ4n) is 3.98. The van der Waals surface area contributed by atoms with Crippen LogP contribution in [0.2, 0.25) is 5.02 Å². The molecule has 0 bridgehead atoms. The molecule has 1 saturated carbocycles. The number of pyridine rings is 1. The number of imide groups is 1. The highest BCUT2D eigenvalue weighted by Gasteiger charge is 2.48. The van der Waals surface area contributed by atoms with E-state index in [1.54, 1.807) is 29.3 Å². The first-order valence-electron chi connectivity index (χ1n) is 10.1. The molecule has 4 heterocycles. The topological polar surface area (TPSA) is 108 Å². The van der Waals surface area contributed by atoms with Crippen LogP contribution in [0.3, 0.4) is 0 Å². The highest BCUT2D eigenvalue weighted by Crippen LogP contribution is 2.38. The Morgan fingerprint density at radius 1 is 1.16 bits per heavy atom. The maximum Gasteiger partial charge on any atom is 0.277 e. The normalized spacial score (nSPS) is 18.5. The van der Waals surface area contributed by atoms with Gasteiger partial charge < -0.3 is 10.2 Å². The summed E-state index contributed by atoms with van der Waals surface area (Å²) in [6, 6.07) is 5.10. The molecule has 0 atom stereocenters. The van der Waals surface area contributed by atoms with Gasteiger partial charge in [-0.05, 0) is 43.9 Å². The average Bonchev–Trinajstić information content (AvgIpc) is 3.55. The third-order valence-corrected chi connectivity index (χ3v) is 5.74. The van der Waals surface area contributed by atoms with E-state index in [1.165, 1.54) is 11.1 Å². The number of carbonyl (C=O) groups is 3. The third kappa shape index (κ3) is 3.76. The quantitative estimate of drug-likeness (QED) is 0.711. The van der Waals surface area contributed by atoms with Crippen molar-refractivity contribution in [3.8, 4) is 11.3 Å². The summed E-state index contributed by atoms with van der Waals surface area (Å²) in [4.78, 5) is 45.1. The van der Waals surface area contributed by atoms with Crippen molar-refractivity contribution in [1.29, 1.82) is 0 Å². The third-order valence-electron chi connectivity index (χ3n) is 5.53. The zero-order chi connectivity index (χ0) is 21.5. The maximum absolute atomic E-state index is 12.8. The lowest BCUT2D eigenvalue weighted by atomic mass is 10.0. The van der Waals surface area contributed by atoms with Crippen molar-refractivity contribution in [2.24, 2.45) is 0 Å². The van der Waals surface area contributed by atoms with Gasteiger partial charge >= 0.3 is 0 Å². The second-order valence-corrected chi connectivity index (χ2v) is 8.24. The lowest BCUT2D eigenvalue weighted by Gasteiger charge is -2.28. The van der Waals surface area contributed by atoms with Crippen molar-refractivity contribution in [2.45, 2.75) is 31.7 Å². The van der Waals surface area contributed by atoms with Crippen LogP contribution in [0.15, 0.2) is 41.9 Å². The van der Waals surface area contributed by atoms with Crippen molar-refractivity contribution < 1.29 is 14.4 Å². The van der Waals surface area contributed by atoms with Gasteiger partial charge in [-0.25, -0.2) is 0 Å². The molecule has 1 fully saturated rings. The van der Waals surface area contributed by atoms with E-state index in [0.29, 0.717) is 40.8 Å². The Kier molecular flexibility index (Phi) is 4.90. The molecule has 5 rings (SSSR count). The molecule has 1 aliphatic carbocycles. The monoisotopic (exact) mass is 438 g/mol. The van der Waals surface area contributed by atoms with Crippen molar-refractivity contribution >= 4 is 35.1 Å². The van der Waals surface area contributed by atoms with E-state index in [2.05, 4.69) is 20.5 Å². The second-order valence-electron chi connectivity index (χ2n) is 7.81. The predicted octanol–water partition coefficient (Wildman–Crippen LogP) is 2.01. The minimum Gasteiger partial charge on any atom is -0.357 e. The Bertz CT molecular complexity index is 1110. The Hall–Kier alpha value is -3.33. The van der Waals surface area contributed by atoms with Gasteiger partial charge in [-0.15, -0.1) is 10.2 Å². The molecule has 3 aliphatic rings. The molecule has 10 heteroatoms. The van der Waals surface area contributed by atoms with Crippen LogP contribution >= 0.6 is 11.6 Å². The fourth-order valence-corrected chi connectivity index (χ4v) is 4.15. The molecular weight excluding hydrogens is 420 g/mol. The maximum atomic E-state index is 12.8. The number of halogens is 1. The second kappa shape index (κ2) is 7.73. The van der Waals surface area contributed by atoms with Crippen molar-refractivity contribution in [3.05, 3.63) is 46.9 Å². The van der Waals surface area contributed by atoms with Crippen LogP contribution in [0.25, 0.3) is 11.3 Å². The SMILES string of the molecule is O=C(CN1CCCC2=C1C(=O)N(C1CC1)C2=O)Nc1ccc(-c2cncc(Cl)c2)nn1. The molecule has 0 spiro atoms. The Morgan fingerprint density at radius 3 is 2.71 bits per heavy atom. The minimum absolute atomic E-state index is 0.0183. The Balaban J connectivity index is 1.26. The van der Waals surface area contributed by atoms with Gasteiger partial charge in [0.2, 0.25) is 5.91 Å². The summed E-state index contributed by atoms with van der Waals surface area (Å²) in [7, 11) is 0. The molecule has 2 aromatic rings. The first-order valence-corrected chi connectivity index (χ1v) is 10.5. The number of aromatic nitrogens is 3. The molecule has 2 aromatic heterocycles. The lowest BCUT2D eigenvalue weighted by molar-refractivity contribution is -0.138. The number of nitrogens with zero attached hydrogens (tertiary/aromatic N) is 5. The molecule has 2 aliphatic heterocycles. The molecule has 0 radical (unpaired) electrons. The van der Waals surface area contributed by atoms with Gasteiger partial charge in [-0.1, -0.05) is 11.6 Å². The van der Waals surface area contributed by atoms with Crippen LogP contribution in [0.4, 0.5) is 5.82 Å². The van der Waals surface area contributed by atoms with E-state index in [4.69, 9.17) is 11.6 Å². The van der Waals surface area contributed by atoms with E-state index in [1.807, 2.05) is 0 Å². The molecule has 9 nitrogen and oxygen atoms in total. The summed E-state index contributed by atoms with van der Waals surface area (Å²) in [5, 5.41) is 11.3. The number of hydrogen-bond acceptors (Lipinski definition) is 7. The number of nitrogens with one attached hydrogen (secondary N) is 1. The van der Waals surface area contributed by atoms with Gasteiger partial charge in [0.25, 0.3) is 11.8 Å². The zero-order valence-electron chi connectivity index (χ0n) is 16.5. The largest absolute Gasteiger partial charge is 0.357 e. The van der Waals surface area contributed by atoms with Crippen LogP contribution < -0.4 is 5.32 Å². The molecule has 3 amide bonds. The number of hydrogen-bond donors (Lipinski definition) is 1. The van der Waals surface area contributed by atoms with Gasteiger partial charge in [0.05, 0.1) is 17.3 Å². The summed E-state index contributed by atoms with van der Waals surface area (Å²) in [6.45, 7) is 0.522. The minimum atomic E-state index is -0.328. The molecule has 0 saturated heterocycles. The average molecular weight is 439 g/mol. The van der Waals surface area contributed by atoms with Gasteiger partial charge in [-0.2, -0.15) is 0 Å². The summed E-state index contributed by atoms with van der Waals surface area (Å²) in [6.07, 6.45) is 6.18. The van der Waals surface area contributed by atoms with Crippen LogP contribution in [0.5, 0.6) is 0 Å². The van der Waals surface area contributed by atoms with Crippen LogP contribution in [-0.4, -0.2) is 61.8 Å². The van der Waals surface area contributed by atoms with Crippen molar-refractivity contribution in [2.75, 3.05) is 18.4 Å². The molecule has 1 N–H and O–H groups in total. The Labute approximate surface area is 183 Å². The molecule has 158 valence electrons. The van der Waals surface area contributed by atoms with Crippen LogP contribution in [0.1, 0.15) is 25.7 Å². The van der Waals surface area contributed by atoms with Gasteiger partial charge in [-0.3, -0.25) is 24.3 Å². The zero-order valence-corrected chi connectivity index (χ0v) is 17.3. The summed E-state index contributed by atoms with van der Waals surface area (Å²) in [5.41, 5.74) is 2.22. The van der Waals surface area contributed by atoms with E-state index < -0.39 is 0 Å². The summed E-state index contributed by atoms with van der Waals surface area (Å²) >= 11 is 5.95. The van der Waals surface area contributed by atoms with Gasteiger partial charge in [0.15, 0.2) is 5.82 Å². The first kappa shape index (κ1) is 19.6. The molecule has 31 heavy (non-hydrogen) atoms. The predicted molar refractivity (Wildman–Crippen MR) is 112 cm³/mol. The van der Waals surface area contributed by atoms with E-state index >= 15 is 0 Å². The number of amides is 3. The van der Waals surface area contributed by atoms with Crippen molar-refractivity contribution in [3.63, 3.8) is 0 Å². The van der Waals surface area contributed by atoms with E-state index in [-0.39, 0.29) is 30.3 Å². The van der Waals surface area contributed by atoms with Crippen LogP contribution in [-0.2, 0) is 14.4 Å². The fraction of sp³-hybridized carbons (Fsp3) is 0.333. The van der Waals surface area contributed by atoms with Gasteiger partial charge in [0.1, 0.15) is 5.70 Å². The number of carbonyl (C=O) groups excluding carboxylic acids is 3. The summed E-state index contributed by atoms with van der Waals surface area (Å²) in [5.74, 6) is -0.493.